The SMILES string of the molecule is COCC(C)NS(=O)(=O)c1c(Cl)sc(Cl)c1Br. The molecule has 1 unspecified atom stereocenters. The van der Waals surface area contributed by atoms with Gasteiger partial charge in [0.15, 0.2) is 0 Å². The molecule has 1 heterocycles. The van der Waals surface area contributed by atoms with E-state index in [1.165, 1.54) is 7.11 Å². The summed E-state index contributed by atoms with van der Waals surface area (Å²) < 4.78 is 32.1. The monoisotopic (exact) mass is 381 g/mol. The van der Waals surface area contributed by atoms with Crippen LogP contribution in [0.3, 0.4) is 0 Å². The van der Waals surface area contributed by atoms with E-state index in [2.05, 4.69) is 20.7 Å². The molecule has 4 nitrogen and oxygen atoms in total. The van der Waals surface area contributed by atoms with Gasteiger partial charge in [0, 0.05) is 13.2 Å². The molecule has 1 aromatic heterocycles. The first-order chi connectivity index (χ1) is 7.79. The molecule has 0 spiro atoms. The Bertz CT molecular complexity index is 503. The van der Waals surface area contributed by atoms with Crippen LogP contribution in [-0.4, -0.2) is 28.2 Å². The van der Waals surface area contributed by atoms with E-state index in [0.29, 0.717) is 4.34 Å². The molecule has 0 saturated carbocycles. The molecule has 0 bridgehead atoms. The Hall–Kier alpha value is 0.630. The molecule has 0 fully saturated rings. The fourth-order valence-corrected chi connectivity index (χ4v) is 5.96. The normalized spacial score (nSPS) is 13.9. The predicted molar refractivity (Wildman–Crippen MR) is 73.7 cm³/mol. The van der Waals surface area contributed by atoms with Crippen molar-refractivity contribution in [2.45, 2.75) is 17.9 Å². The lowest BCUT2D eigenvalue weighted by atomic mass is 10.4. The molecule has 1 aromatic rings. The third-order valence-corrected chi connectivity index (χ3v) is 6.82. The third kappa shape index (κ3) is 3.79. The molecule has 0 aliphatic carbocycles. The molecule has 9 heteroatoms. The summed E-state index contributed by atoms with van der Waals surface area (Å²) in [6.07, 6.45) is 0. The highest BCUT2D eigenvalue weighted by Gasteiger charge is 2.27. The van der Waals surface area contributed by atoms with Gasteiger partial charge in [0.25, 0.3) is 0 Å². The highest BCUT2D eigenvalue weighted by atomic mass is 79.9. The molecule has 1 atom stereocenters. The molecule has 98 valence electrons. The Kier molecular flexibility index (Phi) is 5.71. The Labute approximate surface area is 122 Å². The van der Waals surface area contributed by atoms with Gasteiger partial charge < -0.3 is 4.74 Å². The van der Waals surface area contributed by atoms with Gasteiger partial charge in [-0.2, -0.15) is 0 Å². The van der Waals surface area contributed by atoms with Gasteiger partial charge in [0.05, 0.1) is 11.1 Å². The summed E-state index contributed by atoms with van der Waals surface area (Å²) in [5, 5.41) is 0. The molecule has 1 rings (SSSR count). The van der Waals surface area contributed by atoms with E-state index < -0.39 is 10.0 Å². The molecule has 0 aliphatic heterocycles. The summed E-state index contributed by atoms with van der Waals surface area (Å²) in [4.78, 5) is -0.0304. The molecule has 0 radical (unpaired) electrons. The maximum Gasteiger partial charge on any atom is 0.244 e. The number of rotatable bonds is 5. The maximum absolute atomic E-state index is 12.0. The number of sulfonamides is 1. The average molecular weight is 383 g/mol. The zero-order valence-electron chi connectivity index (χ0n) is 8.96. The fraction of sp³-hybridized carbons (Fsp3) is 0.500. The predicted octanol–water partition coefficient (Wildman–Crippen LogP) is 3.13. The van der Waals surface area contributed by atoms with E-state index in [1.54, 1.807) is 6.92 Å². The van der Waals surface area contributed by atoms with Crippen LogP contribution in [0.2, 0.25) is 8.67 Å². The first-order valence-corrected chi connectivity index (χ1v) is 8.29. The van der Waals surface area contributed by atoms with E-state index in [9.17, 15) is 8.42 Å². The minimum Gasteiger partial charge on any atom is -0.383 e. The zero-order valence-corrected chi connectivity index (χ0v) is 13.7. The minimum absolute atomic E-state index is 0.0304. The van der Waals surface area contributed by atoms with Crippen LogP contribution in [0.25, 0.3) is 0 Å². The van der Waals surface area contributed by atoms with Crippen LogP contribution in [-0.2, 0) is 14.8 Å². The number of nitrogens with one attached hydrogen (secondary N) is 1. The zero-order chi connectivity index (χ0) is 13.2. The van der Waals surface area contributed by atoms with Crippen LogP contribution in [0.15, 0.2) is 9.37 Å². The van der Waals surface area contributed by atoms with Gasteiger partial charge in [-0.25, -0.2) is 13.1 Å². The first kappa shape index (κ1) is 15.7. The lowest BCUT2D eigenvalue weighted by Crippen LogP contribution is -2.35. The van der Waals surface area contributed by atoms with E-state index in [1.807, 2.05) is 0 Å². The van der Waals surface area contributed by atoms with E-state index >= 15 is 0 Å². The van der Waals surface area contributed by atoms with Gasteiger partial charge in [-0.15, -0.1) is 11.3 Å². The van der Waals surface area contributed by atoms with Gasteiger partial charge in [0.1, 0.15) is 13.6 Å². The van der Waals surface area contributed by atoms with Gasteiger partial charge in [-0.3, -0.25) is 0 Å². The summed E-state index contributed by atoms with van der Waals surface area (Å²) in [6, 6.07) is -0.355. The Morgan fingerprint density at radius 2 is 2.06 bits per heavy atom. The first-order valence-electron chi connectivity index (χ1n) is 4.44. The van der Waals surface area contributed by atoms with Crippen molar-refractivity contribution in [3.63, 3.8) is 0 Å². The topological polar surface area (TPSA) is 55.4 Å². The Morgan fingerprint density at radius 3 is 2.47 bits per heavy atom. The minimum atomic E-state index is -3.71. The van der Waals surface area contributed by atoms with Crippen molar-refractivity contribution in [1.82, 2.24) is 4.72 Å². The quantitative estimate of drug-likeness (QED) is 0.850. The van der Waals surface area contributed by atoms with Crippen molar-refractivity contribution < 1.29 is 13.2 Å². The van der Waals surface area contributed by atoms with Crippen LogP contribution in [0, 0.1) is 0 Å². The Balaban J connectivity index is 3.05. The third-order valence-electron chi connectivity index (χ3n) is 1.77. The number of hydrogen-bond donors (Lipinski definition) is 1. The number of halogens is 3. The van der Waals surface area contributed by atoms with Crippen molar-refractivity contribution in [3.8, 4) is 0 Å². The smallest absolute Gasteiger partial charge is 0.244 e. The summed E-state index contributed by atoms with van der Waals surface area (Å²) in [5.74, 6) is 0. The molecule has 1 N–H and O–H groups in total. The summed E-state index contributed by atoms with van der Waals surface area (Å²) >= 11 is 15.8. The van der Waals surface area contributed by atoms with Crippen molar-refractivity contribution in [3.05, 3.63) is 13.1 Å². The van der Waals surface area contributed by atoms with Gasteiger partial charge in [-0.05, 0) is 22.9 Å². The van der Waals surface area contributed by atoms with Crippen molar-refractivity contribution >= 4 is 60.5 Å². The Morgan fingerprint density at radius 1 is 1.47 bits per heavy atom. The number of thiophene rings is 1. The second kappa shape index (κ2) is 6.18. The van der Waals surface area contributed by atoms with Crippen molar-refractivity contribution in [2.75, 3.05) is 13.7 Å². The van der Waals surface area contributed by atoms with Crippen molar-refractivity contribution in [2.24, 2.45) is 0 Å². The van der Waals surface area contributed by atoms with Crippen LogP contribution in [0.4, 0.5) is 0 Å². The van der Waals surface area contributed by atoms with Crippen LogP contribution in [0.1, 0.15) is 6.92 Å². The molecule has 0 aromatic carbocycles. The number of methoxy groups -OCH3 is 1. The number of hydrogen-bond acceptors (Lipinski definition) is 4. The summed E-state index contributed by atoms with van der Waals surface area (Å²) in [7, 11) is -2.21. The van der Waals surface area contributed by atoms with Gasteiger partial charge in [0.2, 0.25) is 10.0 Å². The van der Waals surface area contributed by atoms with Crippen LogP contribution in [0.5, 0.6) is 0 Å². The van der Waals surface area contributed by atoms with E-state index in [0.717, 1.165) is 11.3 Å². The maximum atomic E-state index is 12.0. The van der Waals surface area contributed by atoms with Gasteiger partial charge >= 0.3 is 0 Å². The largest absolute Gasteiger partial charge is 0.383 e. The highest BCUT2D eigenvalue weighted by molar-refractivity contribution is 9.10. The molecular weight excluding hydrogens is 373 g/mol. The van der Waals surface area contributed by atoms with Gasteiger partial charge in [-0.1, -0.05) is 23.2 Å². The van der Waals surface area contributed by atoms with Crippen LogP contribution < -0.4 is 4.72 Å². The summed E-state index contributed by atoms with van der Waals surface area (Å²) in [5.41, 5.74) is 0. The van der Waals surface area contributed by atoms with E-state index in [4.69, 9.17) is 27.9 Å². The molecule has 0 amide bonds. The lowest BCUT2D eigenvalue weighted by molar-refractivity contribution is 0.180. The molecule has 0 aliphatic rings. The van der Waals surface area contributed by atoms with E-state index in [-0.39, 0.29) is 26.4 Å². The molecule has 0 saturated heterocycles. The molecule has 17 heavy (non-hydrogen) atoms. The second-order valence-electron chi connectivity index (χ2n) is 3.27. The average Bonchev–Trinajstić information content (AvgIpc) is 2.40. The van der Waals surface area contributed by atoms with Crippen LogP contribution >= 0.6 is 50.5 Å². The highest BCUT2D eigenvalue weighted by Crippen LogP contribution is 2.42. The fourth-order valence-electron chi connectivity index (χ4n) is 1.18. The van der Waals surface area contributed by atoms with Crippen molar-refractivity contribution in [1.29, 1.82) is 0 Å². The number of ether oxygens (including phenoxy) is 1. The standard InChI is InChI=1S/C8H10BrCl2NO3S2/c1-4(3-15-2)12-17(13,14)6-5(9)7(10)16-8(6)11/h4,12H,3H2,1-2H3. The molecular formula is C8H10BrCl2NO3S2. The summed E-state index contributed by atoms with van der Waals surface area (Å²) in [6.45, 7) is 1.96. The second-order valence-corrected chi connectivity index (χ2v) is 7.94. The lowest BCUT2D eigenvalue weighted by Gasteiger charge is -2.13.